The lowest BCUT2D eigenvalue weighted by Gasteiger charge is -2.11. The molecular weight excluding hydrogens is 419 g/mol. The van der Waals surface area contributed by atoms with Crippen molar-refractivity contribution in [1.29, 1.82) is 0 Å². The molecule has 0 bridgehead atoms. The second kappa shape index (κ2) is 17.3. The number of hydrogen-bond donors (Lipinski definition) is 0. The summed E-state index contributed by atoms with van der Waals surface area (Å²) in [5.74, 6) is 1.60. The summed E-state index contributed by atoms with van der Waals surface area (Å²) in [6, 6.07) is 18.0. The van der Waals surface area contributed by atoms with Crippen LogP contribution in [0.15, 0.2) is 54.6 Å². The topological polar surface area (TPSA) is 18.5 Å². The van der Waals surface area contributed by atoms with Crippen LogP contribution in [0.4, 0.5) is 0 Å². The third-order valence-corrected chi connectivity index (χ3v) is 6.92. The van der Waals surface area contributed by atoms with Gasteiger partial charge in [-0.1, -0.05) is 114 Å². The number of aryl methyl sites for hydroxylation is 1. The zero-order valence-electron chi connectivity index (χ0n) is 19.3. The molecule has 0 fully saturated rings. The van der Waals surface area contributed by atoms with E-state index in [-0.39, 0.29) is 0 Å². The van der Waals surface area contributed by atoms with Gasteiger partial charge in [-0.05, 0) is 54.5 Å². The molecule has 1 atom stereocenters. The van der Waals surface area contributed by atoms with Gasteiger partial charge in [-0.2, -0.15) is 0 Å². The van der Waals surface area contributed by atoms with E-state index in [1.54, 1.807) is 0 Å². The van der Waals surface area contributed by atoms with E-state index in [0.717, 1.165) is 17.9 Å². The summed E-state index contributed by atoms with van der Waals surface area (Å²) in [5, 5.41) is 0. The number of benzene rings is 2. The van der Waals surface area contributed by atoms with Crippen molar-refractivity contribution >= 4 is 19.0 Å². The van der Waals surface area contributed by atoms with Crippen LogP contribution in [0.25, 0.3) is 0 Å². The fourth-order valence-corrected chi connectivity index (χ4v) is 5.08. The minimum Gasteiger partial charge on any atom is -0.437 e. The highest BCUT2D eigenvalue weighted by atomic mass is 32.4. The molecule has 2 nitrogen and oxygen atoms in total. The summed E-state index contributed by atoms with van der Waals surface area (Å²) < 4.78 is 11.6. The Labute approximate surface area is 196 Å². The number of unbranched alkanes of at least 4 members (excludes halogenated alkanes) is 12. The molecule has 0 heterocycles. The first-order chi connectivity index (χ1) is 15.3. The van der Waals surface area contributed by atoms with Gasteiger partial charge in [-0.25, -0.2) is 0 Å². The Morgan fingerprint density at radius 2 is 1.13 bits per heavy atom. The highest BCUT2D eigenvalue weighted by molar-refractivity contribution is 8.01. The van der Waals surface area contributed by atoms with Crippen molar-refractivity contribution < 1.29 is 9.05 Å². The van der Waals surface area contributed by atoms with Crippen molar-refractivity contribution in [2.45, 2.75) is 96.8 Å². The van der Waals surface area contributed by atoms with Crippen LogP contribution in [0.3, 0.4) is 0 Å². The Bertz CT molecular complexity index is 720. The zero-order valence-corrected chi connectivity index (χ0v) is 21.1. The molecule has 2 aromatic carbocycles. The summed E-state index contributed by atoms with van der Waals surface area (Å²) in [5.41, 5.74) is 1.32. The Morgan fingerprint density at radius 1 is 0.613 bits per heavy atom. The largest absolute Gasteiger partial charge is 0.437 e. The summed E-state index contributed by atoms with van der Waals surface area (Å²) >= 11 is 5.40. The number of para-hydroxylation sites is 1. The maximum atomic E-state index is 5.87. The molecule has 0 aliphatic carbocycles. The van der Waals surface area contributed by atoms with E-state index in [1.165, 1.54) is 89.0 Å². The molecule has 1 unspecified atom stereocenters. The van der Waals surface area contributed by atoms with Crippen LogP contribution in [-0.2, 0) is 18.2 Å². The quantitative estimate of drug-likeness (QED) is 0.163. The molecule has 0 aromatic heterocycles. The average molecular weight is 461 g/mol. The predicted octanol–water partition coefficient (Wildman–Crippen LogP) is 9.28. The van der Waals surface area contributed by atoms with Crippen LogP contribution in [0.1, 0.15) is 96.0 Å². The first kappa shape index (κ1) is 25.9. The fourth-order valence-electron chi connectivity index (χ4n) is 3.81. The van der Waals surface area contributed by atoms with Crippen molar-refractivity contribution in [2.24, 2.45) is 0 Å². The van der Waals surface area contributed by atoms with Crippen molar-refractivity contribution in [3.05, 3.63) is 60.2 Å². The molecule has 4 heteroatoms. The molecule has 0 saturated carbocycles. The van der Waals surface area contributed by atoms with Crippen LogP contribution in [0.2, 0.25) is 0 Å². The predicted molar refractivity (Wildman–Crippen MR) is 139 cm³/mol. The first-order valence-electron chi connectivity index (χ1n) is 12.3. The summed E-state index contributed by atoms with van der Waals surface area (Å²) in [6.45, 7) is 2.28. The zero-order chi connectivity index (χ0) is 22.0. The van der Waals surface area contributed by atoms with Crippen LogP contribution >= 0.6 is 7.15 Å². The lowest BCUT2D eigenvalue weighted by Crippen LogP contribution is -1.91. The normalized spacial score (nSPS) is 11.9. The minimum atomic E-state index is -1.77. The second-order valence-corrected chi connectivity index (χ2v) is 10.3. The van der Waals surface area contributed by atoms with Crippen molar-refractivity contribution in [3.8, 4) is 11.5 Å². The van der Waals surface area contributed by atoms with Gasteiger partial charge in [0, 0.05) is 0 Å². The molecule has 0 N–H and O–H groups in total. The van der Waals surface area contributed by atoms with E-state index >= 15 is 0 Å². The van der Waals surface area contributed by atoms with E-state index in [0.29, 0.717) is 0 Å². The minimum absolute atomic E-state index is 0.773. The van der Waals surface area contributed by atoms with E-state index in [1.807, 2.05) is 36.4 Å². The van der Waals surface area contributed by atoms with Gasteiger partial charge in [0.1, 0.15) is 11.5 Å². The van der Waals surface area contributed by atoms with Crippen LogP contribution in [-0.4, -0.2) is 0 Å². The van der Waals surface area contributed by atoms with Crippen LogP contribution < -0.4 is 9.05 Å². The van der Waals surface area contributed by atoms with Gasteiger partial charge in [0.2, 0.25) is 0 Å². The number of rotatable bonds is 18. The third kappa shape index (κ3) is 13.0. The molecule has 172 valence electrons. The van der Waals surface area contributed by atoms with Crippen LogP contribution in [0.5, 0.6) is 11.5 Å². The molecule has 2 rings (SSSR count). The second-order valence-electron chi connectivity index (χ2n) is 8.41. The highest BCUT2D eigenvalue weighted by Crippen LogP contribution is 2.31. The standard InChI is InChI=1S/C27H41O2PS/c1-2-3-4-5-6-7-8-9-10-11-12-13-15-19-25-20-18-23-27(24-25)29-30(31)28-26-21-16-14-17-22-26/h14,16-18,20-24,30H,2-13,15,19H2,1H3. The molecule has 0 radical (unpaired) electrons. The molecule has 2 aromatic rings. The maximum Gasteiger partial charge on any atom is 0.275 e. The monoisotopic (exact) mass is 460 g/mol. The van der Waals surface area contributed by atoms with Gasteiger partial charge in [0.15, 0.2) is 0 Å². The number of hydrogen-bond acceptors (Lipinski definition) is 3. The molecule has 0 amide bonds. The van der Waals surface area contributed by atoms with Gasteiger partial charge < -0.3 is 9.05 Å². The molecule has 0 aliphatic heterocycles. The Kier molecular flexibility index (Phi) is 14.5. The smallest absolute Gasteiger partial charge is 0.275 e. The molecule has 0 aliphatic rings. The highest BCUT2D eigenvalue weighted by Gasteiger charge is 2.02. The van der Waals surface area contributed by atoms with Gasteiger partial charge in [0.25, 0.3) is 7.15 Å². The Balaban J connectivity index is 1.50. The molecule has 31 heavy (non-hydrogen) atoms. The van der Waals surface area contributed by atoms with Gasteiger partial charge in [-0.3, -0.25) is 0 Å². The van der Waals surface area contributed by atoms with Crippen molar-refractivity contribution in [1.82, 2.24) is 0 Å². The maximum absolute atomic E-state index is 5.87. The lowest BCUT2D eigenvalue weighted by molar-refractivity contribution is 0.512. The summed E-state index contributed by atoms with van der Waals surface area (Å²) in [6.07, 6.45) is 19.2. The summed E-state index contributed by atoms with van der Waals surface area (Å²) in [4.78, 5) is 0. The van der Waals surface area contributed by atoms with Crippen LogP contribution in [0, 0.1) is 0 Å². The lowest BCUT2D eigenvalue weighted by atomic mass is 10.0. The van der Waals surface area contributed by atoms with Crippen molar-refractivity contribution in [2.75, 3.05) is 0 Å². The van der Waals surface area contributed by atoms with E-state index in [4.69, 9.17) is 20.9 Å². The van der Waals surface area contributed by atoms with E-state index in [9.17, 15) is 0 Å². The third-order valence-electron chi connectivity index (χ3n) is 5.61. The van der Waals surface area contributed by atoms with E-state index < -0.39 is 7.15 Å². The summed E-state index contributed by atoms with van der Waals surface area (Å²) in [7, 11) is -1.77. The van der Waals surface area contributed by atoms with E-state index in [2.05, 4.69) is 25.1 Å². The van der Waals surface area contributed by atoms with Gasteiger partial charge >= 0.3 is 0 Å². The molecular formula is C27H41O2PS. The molecule has 0 spiro atoms. The van der Waals surface area contributed by atoms with Gasteiger partial charge in [-0.15, -0.1) is 0 Å². The first-order valence-corrected chi connectivity index (χ1v) is 14.8. The Hall–Kier alpha value is -1.31. The fraction of sp³-hybridized carbons (Fsp3) is 0.556. The Morgan fingerprint density at radius 3 is 1.74 bits per heavy atom. The SMILES string of the molecule is CCCCCCCCCCCCCCCc1cccc(O[PH](=S)Oc2ccccc2)c1. The average Bonchev–Trinajstić information content (AvgIpc) is 2.78. The molecule has 0 saturated heterocycles. The van der Waals surface area contributed by atoms with Crippen molar-refractivity contribution in [3.63, 3.8) is 0 Å². The van der Waals surface area contributed by atoms with Gasteiger partial charge in [0.05, 0.1) is 0 Å².